The van der Waals surface area contributed by atoms with E-state index in [2.05, 4.69) is 19.4 Å². The molecule has 20 nitrogen and oxygen atoms in total. The van der Waals surface area contributed by atoms with Crippen molar-refractivity contribution in [3.63, 3.8) is 0 Å². The van der Waals surface area contributed by atoms with Crippen LogP contribution in [0, 0.1) is 0 Å². The number of aliphatic hydroxyl groups excluding tert-OH is 3. The van der Waals surface area contributed by atoms with Crippen molar-refractivity contribution in [3.8, 4) is 0 Å². The Balaban J connectivity index is 1.56. The van der Waals surface area contributed by atoms with E-state index < -0.39 is 85.7 Å². The zero-order valence-electron chi connectivity index (χ0n) is 20.1. The summed E-state index contributed by atoms with van der Waals surface area (Å²) in [5, 5.41) is 50.0. The molecule has 2 aromatic heterocycles. The smallest absolute Gasteiger partial charge is 0.450 e. The Bertz CT molecular complexity index is 1370. The summed E-state index contributed by atoms with van der Waals surface area (Å²) < 4.78 is 27.4. The molecule has 20 heteroatoms. The van der Waals surface area contributed by atoms with Gasteiger partial charge in [-0.25, -0.2) is 19.2 Å². The van der Waals surface area contributed by atoms with Crippen LogP contribution >= 0.6 is 0 Å². The number of hydrogen-bond donors (Lipinski definition) is 7. The molecular formula is C20H24N6O14. The average Bonchev–Trinajstić information content (AvgIpc) is 3.32. The molecule has 4 heterocycles. The molecule has 9 N–H and O–H groups in total. The minimum atomic E-state index is -2.04. The highest BCUT2D eigenvalue weighted by Gasteiger charge is 2.53. The van der Waals surface area contributed by atoms with E-state index in [4.69, 9.17) is 30.8 Å². The van der Waals surface area contributed by atoms with Gasteiger partial charge in [-0.1, -0.05) is 0 Å². The third kappa shape index (κ3) is 5.80. The number of ether oxygens (including phenoxy) is 5. The third-order valence-electron chi connectivity index (χ3n) is 5.98. The zero-order chi connectivity index (χ0) is 29.3. The van der Waals surface area contributed by atoms with E-state index in [1.165, 1.54) is 18.3 Å². The highest BCUT2D eigenvalue weighted by atomic mass is 16.8. The molecule has 0 spiro atoms. The Kier molecular flexibility index (Phi) is 8.18. The third-order valence-corrected chi connectivity index (χ3v) is 5.98. The number of nitrogen functional groups attached to an aromatic ring is 2. The molecule has 0 aliphatic carbocycles. The summed E-state index contributed by atoms with van der Waals surface area (Å²) in [7, 11) is 0. The molecular weight excluding hydrogens is 548 g/mol. The molecule has 0 bridgehead atoms. The first-order chi connectivity index (χ1) is 18.9. The van der Waals surface area contributed by atoms with E-state index in [0.29, 0.717) is 0 Å². The summed E-state index contributed by atoms with van der Waals surface area (Å²) in [5.74, 6) is -0.262. The number of rotatable bonds is 8. The van der Waals surface area contributed by atoms with Gasteiger partial charge < -0.3 is 60.7 Å². The molecule has 2 aromatic rings. The van der Waals surface area contributed by atoms with Gasteiger partial charge in [-0.05, 0) is 12.1 Å². The second-order valence-electron chi connectivity index (χ2n) is 8.55. The molecule has 2 aliphatic rings. The van der Waals surface area contributed by atoms with Crippen LogP contribution in [0.5, 0.6) is 0 Å². The Morgan fingerprint density at radius 1 is 0.900 bits per heavy atom. The van der Waals surface area contributed by atoms with Crippen molar-refractivity contribution in [1.29, 1.82) is 0 Å². The Hall–Kier alpha value is -4.34. The van der Waals surface area contributed by atoms with Crippen molar-refractivity contribution >= 4 is 23.9 Å². The molecule has 2 saturated heterocycles. The molecule has 2 fully saturated rings. The first kappa shape index (κ1) is 28.7. The quantitative estimate of drug-likeness (QED) is 0.120. The summed E-state index contributed by atoms with van der Waals surface area (Å²) in [6, 6.07) is 2.43. The minimum Gasteiger partial charge on any atom is -0.450 e. The number of carboxylic acid groups (broad SMARTS) is 2. The zero-order valence-corrected chi connectivity index (χ0v) is 20.1. The summed E-state index contributed by atoms with van der Waals surface area (Å²) in [5.41, 5.74) is 9.01. The Labute approximate surface area is 221 Å². The van der Waals surface area contributed by atoms with Crippen LogP contribution in [-0.4, -0.2) is 106 Å². The highest BCUT2D eigenvalue weighted by Crippen LogP contribution is 2.35. The fraction of sp³-hybridized carbons (Fsp3) is 0.500. The molecule has 9 atom stereocenters. The maximum Gasteiger partial charge on any atom is 0.508 e. The number of aromatic nitrogens is 4. The number of aliphatic hydroxyl groups is 3. The van der Waals surface area contributed by atoms with E-state index in [1.54, 1.807) is 0 Å². The summed E-state index contributed by atoms with van der Waals surface area (Å²) in [6.45, 7) is -0.715. The SMILES string of the molecule is Nc1ccn([C@@H]2O[C@H](COC(OC(=O)O)[C@H]3O[C@@H](n4ccc(N)nc4=O)[C@H](O)[C@@H]3OC(=O)O)[C@@H](O)[C@H]2O)c(=O)n1. The fourth-order valence-electron chi connectivity index (χ4n) is 4.20. The van der Waals surface area contributed by atoms with Gasteiger partial charge in [0.15, 0.2) is 24.7 Å². The number of nitrogens with two attached hydrogens (primary N) is 2. The molecule has 0 saturated carbocycles. The normalized spacial score (nSPS) is 30.6. The molecule has 4 rings (SSSR count). The first-order valence-corrected chi connectivity index (χ1v) is 11.3. The van der Waals surface area contributed by atoms with Gasteiger partial charge >= 0.3 is 23.7 Å². The topological polar surface area (TPSA) is 303 Å². The van der Waals surface area contributed by atoms with Gasteiger partial charge in [0, 0.05) is 12.4 Å². The monoisotopic (exact) mass is 572 g/mol. The highest BCUT2D eigenvalue weighted by molar-refractivity contribution is 5.58. The second kappa shape index (κ2) is 11.4. The van der Waals surface area contributed by atoms with Crippen LogP contribution in [0.1, 0.15) is 12.5 Å². The molecule has 0 amide bonds. The van der Waals surface area contributed by atoms with Crippen molar-refractivity contribution in [2.45, 2.75) is 55.4 Å². The molecule has 0 radical (unpaired) electrons. The lowest BCUT2D eigenvalue weighted by Crippen LogP contribution is -2.46. The molecule has 40 heavy (non-hydrogen) atoms. The van der Waals surface area contributed by atoms with Crippen LogP contribution in [0.2, 0.25) is 0 Å². The summed E-state index contributed by atoms with van der Waals surface area (Å²) in [4.78, 5) is 54.1. The van der Waals surface area contributed by atoms with Crippen LogP contribution in [-0.2, 0) is 23.7 Å². The van der Waals surface area contributed by atoms with Gasteiger partial charge in [-0.2, -0.15) is 9.97 Å². The minimum absolute atomic E-state index is 0.102. The Morgan fingerprint density at radius 3 is 1.95 bits per heavy atom. The van der Waals surface area contributed by atoms with Gasteiger partial charge in [0.05, 0.1) is 6.61 Å². The number of nitrogens with zero attached hydrogens (tertiary/aromatic N) is 4. The molecule has 2 aliphatic heterocycles. The fourth-order valence-corrected chi connectivity index (χ4v) is 4.20. The average molecular weight is 572 g/mol. The van der Waals surface area contributed by atoms with Crippen molar-refractivity contribution < 1.29 is 58.8 Å². The van der Waals surface area contributed by atoms with Crippen molar-refractivity contribution in [2.24, 2.45) is 0 Å². The van der Waals surface area contributed by atoms with Gasteiger partial charge in [0.1, 0.15) is 36.1 Å². The van der Waals surface area contributed by atoms with Gasteiger partial charge in [-0.3, -0.25) is 9.13 Å². The molecule has 218 valence electrons. The lowest BCUT2D eigenvalue weighted by atomic mass is 10.1. The Morgan fingerprint density at radius 2 is 1.45 bits per heavy atom. The van der Waals surface area contributed by atoms with Crippen molar-refractivity contribution in [3.05, 3.63) is 45.5 Å². The van der Waals surface area contributed by atoms with E-state index in [0.717, 1.165) is 15.3 Å². The molecule has 0 aromatic carbocycles. The summed E-state index contributed by atoms with van der Waals surface area (Å²) in [6.07, 6.45) is -17.0. The number of hydrogen-bond acceptors (Lipinski definition) is 16. The van der Waals surface area contributed by atoms with E-state index in [-0.39, 0.29) is 11.6 Å². The van der Waals surface area contributed by atoms with Crippen LogP contribution in [0.4, 0.5) is 21.2 Å². The van der Waals surface area contributed by atoms with Crippen LogP contribution in [0.15, 0.2) is 34.1 Å². The van der Waals surface area contributed by atoms with E-state index >= 15 is 0 Å². The van der Waals surface area contributed by atoms with E-state index in [1.807, 2.05) is 0 Å². The van der Waals surface area contributed by atoms with Crippen molar-refractivity contribution in [1.82, 2.24) is 19.1 Å². The van der Waals surface area contributed by atoms with Crippen molar-refractivity contribution in [2.75, 3.05) is 18.1 Å². The van der Waals surface area contributed by atoms with Crippen LogP contribution in [0.3, 0.4) is 0 Å². The van der Waals surface area contributed by atoms with E-state index in [9.17, 15) is 39.6 Å². The predicted molar refractivity (Wildman–Crippen MR) is 123 cm³/mol. The second-order valence-corrected chi connectivity index (χ2v) is 8.55. The van der Waals surface area contributed by atoms with Crippen LogP contribution < -0.4 is 22.8 Å². The van der Waals surface area contributed by atoms with Gasteiger partial charge in [0.25, 0.3) is 0 Å². The predicted octanol–water partition coefficient (Wildman–Crippen LogP) is -3.36. The largest absolute Gasteiger partial charge is 0.508 e. The maximum atomic E-state index is 12.3. The first-order valence-electron chi connectivity index (χ1n) is 11.3. The van der Waals surface area contributed by atoms with Crippen LogP contribution in [0.25, 0.3) is 0 Å². The molecule has 1 unspecified atom stereocenters. The number of carbonyl (C=O) groups is 2. The number of anilines is 2. The van der Waals surface area contributed by atoms with Gasteiger partial charge in [-0.15, -0.1) is 0 Å². The summed E-state index contributed by atoms with van der Waals surface area (Å²) >= 11 is 0. The van der Waals surface area contributed by atoms with Gasteiger partial charge in [0.2, 0.25) is 6.29 Å². The maximum absolute atomic E-state index is 12.3. The lowest BCUT2D eigenvalue weighted by molar-refractivity contribution is -0.216. The lowest BCUT2D eigenvalue weighted by Gasteiger charge is -2.27. The standard InChI is InChI=1S/C20H24N6O14/c21-7-1-3-25(17(30)23-7)14-10(28)9(27)6(37-14)5-36-16(40-20(34)35)13-12(39-19(32)33)11(29)15(38-13)26-4-2-8(22)24-18(26)31/h1-4,6,9-16,27-29H,5H2,(H,32,33)(H,34,35)(H2,21,23,30)(H2,22,24,31)/t6-,9-,10-,11-,12+,13+,14-,15-,16?/m1/s1.